The molecule has 1 saturated heterocycles. The molecule has 0 aromatic heterocycles. The van der Waals surface area contributed by atoms with E-state index in [1.807, 2.05) is 12.1 Å². The van der Waals surface area contributed by atoms with Gasteiger partial charge in [0.15, 0.2) is 0 Å². The van der Waals surface area contributed by atoms with Crippen molar-refractivity contribution < 1.29 is 9.53 Å². The van der Waals surface area contributed by atoms with Gasteiger partial charge in [-0.25, -0.2) is 0 Å². The molecule has 1 amide bonds. The van der Waals surface area contributed by atoms with Gasteiger partial charge in [-0.1, -0.05) is 48.5 Å². The average Bonchev–Trinajstić information content (AvgIpc) is 3.43. The van der Waals surface area contributed by atoms with E-state index in [1.165, 1.54) is 11.1 Å². The largest absolute Gasteiger partial charge is 0.481 e. The number of carbonyl (C=O) groups excluding carboxylic acids is 1. The Bertz CT molecular complexity index is 783. The molecule has 2 fully saturated rings. The van der Waals surface area contributed by atoms with Gasteiger partial charge in [0.1, 0.15) is 11.4 Å². The first-order valence-electron chi connectivity index (χ1n) is 8.90. The SMILES string of the molecule is O=C(C1CC1)N1CC[C@@]2(c3ccccc3)Oc3ccccc3[C@H]2C1. The summed E-state index contributed by atoms with van der Waals surface area (Å²) < 4.78 is 6.55. The molecule has 122 valence electrons. The van der Waals surface area contributed by atoms with Gasteiger partial charge in [-0.15, -0.1) is 0 Å². The molecule has 24 heavy (non-hydrogen) atoms. The molecule has 1 saturated carbocycles. The highest BCUT2D eigenvalue weighted by Crippen LogP contribution is 2.54. The number of benzene rings is 2. The molecule has 0 spiro atoms. The van der Waals surface area contributed by atoms with Crippen LogP contribution in [0.2, 0.25) is 0 Å². The first kappa shape index (κ1) is 14.1. The Morgan fingerprint density at radius 3 is 2.58 bits per heavy atom. The lowest BCUT2D eigenvalue weighted by atomic mass is 9.74. The molecule has 3 aliphatic rings. The van der Waals surface area contributed by atoms with Gasteiger partial charge in [0.25, 0.3) is 0 Å². The first-order valence-corrected chi connectivity index (χ1v) is 8.90. The van der Waals surface area contributed by atoms with Crippen molar-refractivity contribution in [2.45, 2.75) is 30.8 Å². The van der Waals surface area contributed by atoms with Crippen LogP contribution in [0.1, 0.15) is 36.3 Å². The molecule has 0 radical (unpaired) electrons. The third-order valence-electron chi connectivity index (χ3n) is 5.81. The number of amides is 1. The van der Waals surface area contributed by atoms with Crippen molar-refractivity contribution in [3.63, 3.8) is 0 Å². The number of hydrogen-bond donors (Lipinski definition) is 0. The van der Waals surface area contributed by atoms with Crippen LogP contribution in [0.3, 0.4) is 0 Å². The summed E-state index contributed by atoms with van der Waals surface area (Å²) in [5.41, 5.74) is 2.14. The Hall–Kier alpha value is -2.29. The van der Waals surface area contributed by atoms with E-state index in [0.29, 0.717) is 5.91 Å². The van der Waals surface area contributed by atoms with E-state index in [1.54, 1.807) is 0 Å². The van der Waals surface area contributed by atoms with E-state index < -0.39 is 0 Å². The quantitative estimate of drug-likeness (QED) is 0.845. The molecular formula is C21H21NO2. The van der Waals surface area contributed by atoms with Crippen LogP contribution in [0.25, 0.3) is 0 Å². The third-order valence-corrected chi connectivity index (χ3v) is 5.81. The van der Waals surface area contributed by atoms with Crippen molar-refractivity contribution in [2.75, 3.05) is 13.1 Å². The first-order chi connectivity index (χ1) is 11.8. The second kappa shape index (κ2) is 5.10. The number of likely N-dealkylation sites (tertiary alicyclic amines) is 1. The number of hydrogen-bond acceptors (Lipinski definition) is 2. The summed E-state index contributed by atoms with van der Waals surface area (Å²) in [4.78, 5) is 14.7. The number of rotatable bonds is 2. The van der Waals surface area contributed by atoms with Gasteiger partial charge in [0.05, 0.1) is 0 Å². The third kappa shape index (κ3) is 2.00. The maximum Gasteiger partial charge on any atom is 0.225 e. The van der Waals surface area contributed by atoms with Crippen LogP contribution < -0.4 is 4.74 Å². The smallest absolute Gasteiger partial charge is 0.225 e. The van der Waals surface area contributed by atoms with Gasteiger partial charge in [-0.2, -0.15) is 0 Å². The zero-order valence-corrected chi connectivity index (χ0v) is 13.7. The number of fused-ring (bicyclic) bond motifs is 3. The molecule has 3 nitrogen and oxygen atoms in total. The van der Waals surface area contributed by atoms with E-state index in [4.69, 9.17) is 4.74 Å². The molecule has 2 atom stereocenters. The zero-order valence-electron chi connectivity index (χ0n) is 13.7. The Morgan fingerprint density at radius 2 is 1.79 bits per heavy atom. The summed E-state index contributed by atoms with van der Waals surface area (Å²) in [5, 5.41) is 0. The minimum atomic E-state index is -0.328. The summed E-state index contributed by atoms with van der Waals surface area (Å²) in [5.74, 6) is 1.83. The van der Waals surface area contributed by atoms with Crippen molar-refractivity contribution in [1.82, 2.24) is 4.90 Å². The van der Waals surface area contributed by atoms with Gasteiger partial charge < -0.3 is 9.64 Å². The van der Waals surface area contributed by atoms with Crippen LogP contribution in [-0.2, 0) is 10.4 Å². The predicted molar refractivity (Wildman–Crippen MR) is 91.9 cm³/mol. The normalized spacial score (nSPS) is 28.0. The number of nitrogens with zero attached hydrogens (tertiary/aromatic N) is 1. The van der Waals surface area contributed by atoms with E-state index in [9.17, 15) is 4.79 Å². The monoisotopic (exact) mass is 319 g/mol. The van der Waals surface area contributed by atoms with E-state index in [0.717, 1.165) is 38.1 Å². The summed E-state index contributed by atoms with van der Waals surface area (Å²) >= 11 is 0. The minimum absolute atomic E-state index is 0.215. The Balaban J connectivity index is 1.56. The van der Waals surface area contributed by atoms with Gasteiger partial charge in [-0.3, -0.25) is 4.79 Å². The lowest BCUT2D eigenvalue weighted by Crippen LogP contribution is -2.51. The molecule has 2 aliphatic heterocycles. The second-order valence-corrected chi connectivity index (χ2v) is 7.26. The van der Waals surface area contributed by atoms with E-state index in [2.05, 4.69) is 47.4 Å². The summed E-state index contributed by atoms with van der Waals surface area (Å²) in [7, 11) is 0. The van der Waals surface area contributed by atoms with Crippen molar-refractivity contribution in [1.29, 1.82) is 0 Å². The second-order valence-electron chi connectivity index (χ2n) is 7.26. The lowest BCUT2D eigenvalue weighted by molar-refractivity contribution is -0.136. The molecule has 1 aliphatic carbocycles. The van der Waals surface area contributed by atoms with Crippen molar-refractivity contribution in [3.05, 3.63) is 65.7 Å². The number of ether oxygens (including phenoxy) is 1. The minimum Gasteiger partial charge on any atom is -0.481 e. The number of carbonyl (C=O) groups is 1. The standard InChI is InChI=1S/C21H21NO2/c23-20(15-10-11-15)22-13-12-21(16-6-2-1-3-7-16)18(14-22)17-8-4-5-9-19(17)24-21/h1-9,15,18H,10-14H2/t18-,21+/m1/s1. The molecule has 3 heteroatoms. The maximum absolute atomic E-state index is 12.6. The molecule has 2 heterocycles. The molecular weight excluding hydrogens is 298 g/mol. The topological polar surface area (TPSA) is 29.5 Å². The molecule has 2 aromatic carbocycles. The fourth-order valence-corrected chi connectivity index (χ4v) is 4.38. The highest BCUT2D eigenvalue weighted by atomic mass is 16.5. The zero-order chi connectivity index (χ0) is 16.1. The average molecular weight is 319 g/mol. The van der Waals surface area contributed by atoms with E-state index >= 15 is 0 Å². The van der Waals surface area contributed by atoms with Gasteiger partial charge in [0, 0.05) is 36.9 Å². The van der Waals surface area contributed by atoms with Crippen molar-refractivity contribution in [2.24, 2.45) is 5.92 Å². The molecule has 5 rings (SSSR count). The number of para-hydroxylation sites is 1. The summed E-state index contributed by atoms with van der Waals surface area (Å²) in [6.45, 7) is 1.55. The Morgan fingerprint density at radius 1 is 1.04 bits per heavy atom. The Labute approximate surface area is 142 Å². The molecule has 0 N–H and O–H groups in total. The van der Waals surface area contributed by atoms with Crippen LogP contribution in [0.4, 0.5) is 0 Å². The van der Waals surface area contributed by atoms with Gasteiger partial charge in [0.2, 0.25) is 5.91 Å². The van der Waals surface area contributed by atoms with E-state index in [-0.39, 0.29) is 17.4 Å². The molecule has 0 bridgehead atoms. The van der Waals surface area contributed by atoms with Crippen LogP contribution in [0, 0.1) is 5.92 Å². The Kier molecular flexibility index (Phi) is 2.99. The molecule has 2 aromatic rings. The fraction of sp³-hybridized carbons (Fsp3) is 0.381. The van der Waals surface area contributed by atoms with Gasteiger partial charge >= 0.3 is 0 Å². The maximum atomic E-state index is 12.6. The molecule has 0 unspecified atom stereocenters. The van der Waals surface area contributed by atoms with Gasteiger partial charge in [-0.05, 0) is 24.5 Å². The van der Waals surface area contributed by atoms with Crippen molar-refractivity contribution >= 4 is 5.91 Å². The van der Waals surface area contributed by atoms with Crippen LogP contribution in [0.5, 0.6) is 5.75 Å². The highest BCUT2D eigenvalue weighted by Gasteiger charge is 2.53. The summed E-state index contributed by atoms with van der Waals surface area (Å²) in [6.07, 6.45) is 2.99. The highest BCUT2D eigenvalue weighted by molar-refractivity contribution is 5.81. The van der Waals surface area contributed by atoms with Crippen LogP contribution >= 0.6 is 0 Å². The number of piperidine rings is 1. The lowest BCUT2D eigenvalue weighted by Gasteiger charge is -2.43. The van der Waals surface area contributed by atoms with Crippen LogP contribution in [0.15, 0.2) is 54.6 Å². The van der Waals surface area contributed by atoms with Crippen molar-refractivity contribution in [3.8, 4) is 5.75 Å². The predicted octanol–water partition coefficient (Wildman–Crippen LogP) is 3.70. The van der Waals surface area contributed by atoms with Crippen LogP contribution in [-0.4, -0.2) is 23.9 Å². The fourth-order valence-electron chi connectivity index (χ4n) is 4.38. The summed E-state index contributed by atoms with van der Waals surface area (Å²) in [6, 6.07) is 18.9.